The second-order valence-electron chi connectivity index (χ2n) is 10.9. The minimum Gasteiger partial charge on any atom is -0.497 e. The molecular formula is C32H33F3N4O2. The normalized spacial score (nSPS) is 19.1. The molecule has 3 heterocycles. The van der Waals surface area contributed by atoms with E-state index < -0.39 is 11.7 Å². The fraction of sp³-hybridized carbons (Fsp3) is 0.344. The lowest BCUT2D eigenvalue weighted by molar-refractivity contribution is -0.137. The summed E-state index contributed by atoms with van der Waals surface area (Å²) >= 11 is 0. The molecule has 1 aromatic heterocycles. The number of alkyl halides is 3. The quantitative estimate of drug-likeness (QED) is 0.247. The van der Waals surface area contributed by atoms with Crippen LogP contribution in [-0.4, -0.2) is 60.2 Å². The molecule has 41 heavy (non-hydrogen) atoms. The van der Waals surface area contributed by atoms with E-state index >= 15 is 0 Å². The van der Waals surface area contributed by atoms with Crippen molar-refractivity contribution in [2.75, 3.05) is 38.7 Å². The van der Waals surface area contributed by atoms with Gasteiger partial charge in [0, 0.05) is 66.8 Å². The molecule has 2 saturated heterocycles. The molecule has 2 bridgehead atoms. The summed E-state index contributed by atoms with van der Waals surface area (Å²) in [5, 5.41) is 4.02. The number of piperazine rings is 1. The van der Waals surface area contributed by atoms with E-state index in [-0.39, 0.29) is 5.75 Å². The van der Waals surface area contributed by atoms with Crippen LogP contribution in [0.5, 0.6) is 11.5 Å². The van der Waals surface area contributed by atoms with Gasteiger partial charge in [0.2, 0.25) is 0 Å². The third-order valence-corrected chi connectivity index (χ3v) is 8.02. The Morgan fingerprint density at radius 1 is 0.927 bits per heavy atom. The van der Waals surface area contributed by atoms with Gasteiger partial charge >= 0.3 is 6.18 Å². The number of ether oxygens (including phenoxy) is 2. The van der Waals surface area contributed by atoms with Gasteiger partial charge in [-0.25, -0.2) is 0 Å². The molecule has 2 atom stereocenters. The molecule has 6 rings (SSSR count). The standard InChI is InChI=1S/C32H33F3N4O2/c1-21-13-31(29-5-3-4-6-30(29)36-21)37-24-14-23(32(33,34)35)15-28(16-24)41-12-11-38-19-26-17-25(38)20-39(26)18-22-7-9-27(40-2)10-8-22/h3-10,13-16,25-26H,11-12,17-20H2,1-2H3,(H,36,37). The Hall–Kier alpha value is -3.82. The lowest BCUT2D eigenvalue weighted by Gasteiger charge is -2.34. The smallest absolute Gasteiger partial charge is 0.416 e. The molecule has 0 saturated carbocycles. The number of benzene rings is 3. The zero-order chi connectivity index (χ0) is 28.6. The number of aryl methyl sites for hydroxylation is 1. The van der Waals surface area contributed by atoms with E-state index in [2.05, 4.69) is 32.2 Å². The molecule has 0 aliphatic carbocycles. The highest BCUT2D eigenvalue weighted by molar-refractivity contribution is 5.93. The molecule has 6 nitrogen and oxygen atoms in total. The van der Waals surface area contributed by atoms with Crippen LogP contribution < -0.4 is 14.8 Å². The SMILES string of the molecule is COc1ccc(CN2CC3CC2CN3CCOc2cc(Nc3cc(C)nc4ccccc34)cc(C(F)(F)F)c2)cc1. The lowest BCUT2D eigenvalue weighted by atomic mass is 10.1. The molecule has 2 fully saturated rings. The number of anilines is 2. The maximum atomic E-state index is 13.8. The second-order valence-corrected chi connectivity index (χ2v) is 10.9. The maximum Gasteiger partial charge on any atom is 0.416 e. The van der Waals surface area contributed by atoms with E-state index in [0.717, 1.165) is 60.5 Å². The zero-order valence-corrected chi connectivity index (χ0v) is 23.1. The van der Waals surface area contributed by atoms with E-state index in [1.54, 1.807) is 13.2 Å². The number of aromatic nitrogens is 1. The van der Waals surface area contributed by atoms with E-state index in [1.165, 1.54) is 5.56 Å². The Morgan fingerprint density at radius 2 is 1.68 bits per heavy atom. The average molecular weight is 563 g/mol. The Bertz CT molecular complexity index is 1530. The number of rotatable bonds is 9. The number of halogens is 3. The first-order chi connectivity index (χ1) is 19.7. The minimum absolute atomic E-state index is 0.197. The number of pyridine rings is 1. The van der Waals surface area contributed by atoms with Crippen LogP contribution in [0.2, 0.25) is 0 Å². The molecule has 0 spiro atoms. The third-order valence-electron chi connectivity index (χ3n) is 8.02. The summed E-state index contributed by atoms with van der Waals surface area (Å²) in [5.41, 5.74) is 3.09. The summed E-state index contributed by atoms with van der Waals surface area (Å²) in [6, 6.07) is 22.3. The van der Waals surface area contributed by atoms with Crippen LogP contribution in [0.15, 0.2) is 72.8 Å². The van der Waals surface area contributed by atoms with Crippen LogP contribution in [0.1, 0.15) is 23.2 Å². The first-order valence-electron chi connectivity index (χ1n) is 13.8. The molecule has 1 N–H and O–H groups in total. The number of hydrogen-bond acceptors (Lipinski definition) is 6. The Kier molecular flexibility index (Phi) is 7.48. The molecule has 0 radical (unpaired) electrons. The molecule has 2 unspecified atom stereocenters. The molecule has 2 aliphatic heterocycles. The first-order valence-corrected chi connectivity index (χ1v) is 13.8. The van der Waals surface area contributed by atoms with Gasteiger partial charge in [-0.05, 0) is 55.3 Å². The number of likely N-dealkylation sites (tertiary alicyclic amines) is 2. The van der Waals surface area contributed by atoms with Crippen LogP contribution in [0.3, 0.4) is 0 Å². The maximum absolute atomic E-state index is 13.8. The second kappa shape index (κ2) is 11.2. The minimum atomic E-state index is -4.49. The number of hydrogen-bond donors (Lipinski definition) is 1. The fourth-order valence-electron chi connectivity index (χ4n) is 6.03. The van der Waals surface area contributed by atoms with Gasteiger partial charge in [0.25, 0.3) is 0 Å². The Morgan fingerprint density at radius 3 is 2.41 bits per heavy atom. The van der Waals surface area contributed by atoms with Crippen molar-refractivity contribution in [1.29, 1.82) is 0 Å². The van der Waals surface area contributed by atoms with Crippen LogP contribution >= 0.6 is 0 Å². The van der Waals surface area contributed by atoms with Crippen LogP contribution in [0.25, 0.3) is 10.9 Å². The van der Waals surface area contributed by atoms with Gasteiger partial charge in [-0.1, -0.05) is 30.3 Å². The molecule has 2 aliphatic rings. The summed E-state index contributed by atoms with van der Waals surface area (Å²) in [6.07, 6.45) is -3.39. The van der Waals surface area contributed by atoms with E-state index in [1.807, 2.05) is 49.4 Å². The molecule has 4 aromatic rings. The topological polar surface area (TPSA) is 49.9 Å². The van der Waals surface area contributed by atoms with Gasteiger partial charge in [-0.15, -0.1) is 0 Å². The highest BCUT2D eigenvalue weighted by Gasteiger charge is 2.42. The summed E-state index contributed by atoms with van der Waals surface area (Å²) in [4.78, 5) is 9.43. The zero-order valence-electron chi connectivity index (χ0n) is 23.1. The predicted octanol–water partition coefficient (Wildman–Crippen LogP) is 6.65. The number of nitrogens with one attached hydrogen (secondary N) is 1. The predicted molar refractivity (Wildman–Crippen MR) is 154 cm³/mol. The summed E-state index contributed by atoms with van der Waals surface area (Å²) < 4.78 is 52.6. The summed E-state index contributed by atoms with van der Waals surface area (Å²) in [5.74, 6) is 1.05. The van der Waals surface area contributed by atoms with Gasteiger partial charge in [-0.3, -0.25) is 14.8 Å². The van der Waals surface area contributed by atoms with Crippen molar-refractivity contribution < 1.29 is 22.6 Å². The third kappa shape index (κ3) is 6.11. The number of methoxy groups -OCH3 is 1. The molecule has 214 valence electrons. The number of fused-ring (bicyclic) bond motifs is 3. The monoisotopic (exact) mass is 562 g/mol. The van der Waals surface area contributed by atoms with E-state index in [0.29, 0.717) is 36.6 Å². The van der Waals surface area contributed by atoms with Crippen molar-refractivity contribution in [3.8, 4) is 11.5 Å². The van der Waals surface area contributed by atoms with Gasteiger partial charge in [0.05, 0.1) is 18.2 Å². The fourth-order valence-corrected chi connectivity index (χ4v) is 6.03. The largest absolute Gasteiger partial charge is 0.497 e. The van der Waals surface area contributed by atoms with Gasteiger partial charge in [0.15, 0.2) is 0 Å². The molecule has 3 aromatic carbocycles. The Balaban J connectivity index is 1.09. The first kappa shape index (κ1) is 27.4. The van der Waals surface area contributed by atoms with Crippen molar-refractivity contribution in [1.82, 2.24) is 14.8 Å². The van der Waals surface area contributed by atoms with Gasteiger partial charge in [0.1, 0.15) is 18.1 Å². The molecule has 0 amide bonds. The van der Waals surface area contributed by atoms with Crippen LogP contribution in [0, 0.1) is 6.92 Å². The average Bonchev–Trinajstić information content (AvgIpc) is 3.53. The van der Waals surface area contributed by atoms with Crippen molar-refractivity contribution in [3.05, 3.63) is 89.6 Å². The summed E-state index contributed by atoms with van der Waals surface area (Å²) in [7, 11) is 1.67. The number of nitrogens with zero attached hydrogens (tertiary/aromatic N) is 3. The van der Waals surface area contributed by atoms with Gasteiger partial charge < -0.3 is 14.8 Å². The Labute approximate surface area is 237 Å². The molecule has 9 heteroatoms. The highest BCUT2D eigenvalue weighted by atomic mass is 19.4. The van der Waals surface area contributed by atoms with Crippen LogP contribution in [-0.2, 0) is 12.7 Å². The van der Waals surface area contributed by atoms with Crippen molar-refractivity contribution in [3.63, 3.8) is 0 Å². The van der Waals surface area contributed by atoms with E-state index in [9.17, 15) is 13.2 Å². The van der Waals surface area contributed by atoms with Crippen molar-refractivity contribution in [2.24, 2.45) is 0 Å². The van der Waals surface area contributed by atoms with Gasteiger partial charge in [-0.2, -0.15) is 13.2 Å². The molecular weight excluding hydrogens is 529 g/mol. The lowest BCUT2D eigenvalue weighted by Crippen LogP contribution is -2.47. The van der Waals surface area contributed by atoms with Crippen molar-refractivity contribution in [2.45, 2.75) is 38.1 Å². The highest BCUT2D eigenvalue weighted by Crippen LogP contribution is 2.36. The van der Waals surface area contributed by atoms with Crippen molar-refractivity contribution >= 4 is 22.3 Å². The summed E-state index contributed by atoms with van der Waals surface area (Å²) in [6.45, 7) is 5.68. The number of para-hydroxylation sites is 1. The van der Waals surface area contributed by atoms with E-state index in [4.69, 9.17) is 9.47 Å². The van der Waals surface area contributed by atoms with Crippen LogP contribution in [0.4, 0.5) is 24.5 Å².